The molecule has 0 saturated heterocycles. The second-order valence-electron chi connectivity index (χ2n) is 2.89. The molecule has 0 atom stereocenters. The van der Waals surface area contributed by atoms with Crippen LogP contribution >= 0.6 is 0 Å². The maximum Gasteiger partial charge on any atom is 0.379 e. The molecule has 0 bridgehead atoms. The van der Waals surface area contributed by atoms with Gasteiger partial charge in [-0.3, -0.25) is 0 Å². The molecule has 2 nitrogen and oxygen atoms in total. The molecular weight excluding hydrogens is 171 g/mol. The Morgan fingerprint density at radius 3 is 2.23 bits per heavy atom. The van der Waals surface area contributed by atoms with Crippen molar-refractivity contribution in [2.24, 2.45) is 0 Å². The molecule has 0 amide bonds. The van der Waals surface area contributed by atoms with E-state index in [1.165, 1.54) is 6.08 Å². The smallest absolute Gasteiger partial charge is 0.249 e. The van der Waals surface area contributed by atoms with Gasteiger partial charge < -0.3 is 0 Å². The van der Waals surface area contributed by atoms with E-state index in [9.17, 15) is 9.32 Å². The molecular formula is C10H13FO2. The highest BCUT2D eigenvalue weighted by molar-refractivity contribution is 5.92. The van der Waals surface area contributed by atoms with Crippen molar-refractivity contribution in [1.29, 1.82) is 0 Å². The van der Waals surface area contributed by atoms with E-state index in [4.69, 9.17) is 0 Å². The van der Waals surface area contributed by atoms with Crippen molar-refractivity contribution in [3.63, 3.8) is 0 Å². The molecule has 0 aromatic rings. The van der Waals surface area contributed by atoms with Gasteiger partial charge in [-0.15, -0.1) is 0 Å². The Balaban J connectivity index is 5.01. The van der Waals surface area contributed by atoms with Crippen LogP contribution < -0.4 is 0 Å². The van der Waals surface area contributed by atoms with Gasteiger partial charge in [0.15, 0.2) is 0 Å². The highest BCUT2D eigenvalue weighted by atomic mass is 19.3. The summed E-state index contributed by atoms with van der Waals surface area (Å²) in [5.41, 5.74) is 1.80. The fourth-order valence-corrected chi connectivity index (χ4v) is 0.958. The van der Waals surface area contributed by atoms with E-state index in [0.29, 0.717) is 5.57 Å². The second-order valence-corrected chi connectivity index (χ2v) is 2.89. The number of hydrogen-bond acceptors (Lipinski definition) is 2. The van der Waals surface area contributed by atoms with Gasteiger partial charge in [0.05, 0.1) is 5.57 Å². The van der Waals surface area contributed by atoms with Crippen LogP contribution in [0.3, 0.4) is 0 Å². The van der Waals surface area contributed by atoms with Crippen LogP contribution in [0.5, 0.6) is 0 Å². The molecule has 0 aromatic heterocycles. The SMILES string of the molecule is C=C/C(C(=O)OF)=C(/C)C=C(C)C. The first-order valence-corrected chi connectivity index (χ1v) is 3.84. The fourth-order valence-electron chi connectivity index (χ4n) is 0.958. The molecule has 0 heterocycles. The first-order chi connectivity index (χ1) is 6.02. The lowest BCUT2D eigenvalue weighted by molar-refractivity contribution is -0.177. The Morgan fingerprint density at radius 2 is 1.92 bits per heavy atom. The zero-order valence-corrected chi connectivity index (χ0v) is 8.06. The van der Waals surface area contributed by atoms with Crippen LogP contribution in [0.1, 0.15) is 20.8 Å². The molecule has 0 aliphatic rings. The summed E-state index contributed by atoms with van der Waals surface area (Å²) in [7, 11) is 0. The number of allylic oxidation sites excluding steroid dienone is 3. The van der Waals surface area contributed by atoms with Gasteiger partial charge in [-0.25, -0.2) is 9.74 Å². The van der Waals surface area contributed by atoms with Crippen LogP contribution in [0, 0.1) is 0 Å². The van der Waals surface area contributed by atoms with Crippen LogP contribution in [0.25, 0.3) is 0 Å². The maximum atomic E-state index is 11.6. The van der Waals surface area contributed by atoms with E-state index in [1.807, 2.05) is 13.8 Å². The molecule has 13 heavy (non-hydrogen) atoms. The number of halogens is 1. The molecule has 0 N–H and O–H groups in total. The molecule has 0 radical (unpaired) electrons. The van der Waals surface area contributed by atoms with E-state index in [1.54, 1.807) is 13.0 Å². The van der Waals surface area contributed by atoms with Crippen LogP contribution in [0.15, 0.2) is 35.5 Å². The zero-order chi connectivity index (χ0) is 10.4. The minimum Gasteiger partial charge on any atom is -0.249 e. The Morgan fingerprint density at radius 1 is 1.38 bits per heavy atom. The van der Waals surface area contributed by atoms with E-state index in [0.717, 1.165) is 5.57 Å². The molecule has 0 fully saturated rings. The predicted molar refractivity (Wildman–Crippen MR) is 49.5 cm³/mol. The van der Waals surface area contributed by atoms with Crippen molar-refractivity contribution < 1.29 is 14.3 Å². The summed E-state index contributed by atoms with van der Waals surface area (Å²) in [5, 5.41) is 0. The van der Waals surface area contributed by atoms with Crippen molar-refractivity contribution in [1.82, 2.24) is 0 Å². The Hall–Kier alpha value is -1.38. The zero-order valence-electron chi connectivity index (χ0n) is 8.06. The van der Waals surface area contributed by atoms with Gasteiger partial charge in [-0.1, -0.05) is 24.3 Å². The third kappa shape index (κ3) is 3.69. The van der Waals surface area contributed by atoms with Crippen molar-refractivity contribution in [2.45, 2.75) is 20.8 Å². The normalized spacial score (nSPS) is 11.4. The lowest BCUT2D eigenvalue weighted by Gasteiger charge is -1.99. The molecule has 3 heteroatoms. The van der Waals surface area contributed by atoms with Gasteiger partial charge in [-0.2, -0.15) is 0 Å². The van der Waals surface area contributed by atoms with Gasteiger partial charge >= 0.3 is 5.97 Å². The number of rotatable bonds is 3. The van der Waals surface area contributed by atoms with Crippen molar-refractivity contribution in [3.05, 3.63) is 35.5 Å². The summed E-state index contributed by atoms with van der Waals surface area (Å²) in [6.45, 7) is 8.86. The van der Waals surface area contributed by atoms with E-state index >= 15 is 0 Å². The monoisotopic (exact) mass is 184 g/mol. The van der Waals surface area contributed by atoms with Gasteiger partial charge in [0, 0.05) is 4.53 Å². The average Bonchev–Trinajstić information content (AvgIpc) is 2.03. The summed E-state index contributed by atoms with van der Waals surface area (Å²) in [6.07, 6.45) is 3.03. The first-order valence-electron chi connectivity index (χ1n) is 3.84. The molecule has 0 aliphatic heterocycles. The standard InChI is InChI=1S/C10H13FO2/c1-5-9(10(12)13-11)8(4)6-7(2)3/h5-6H,1H2,2-4H3/b9-8+. The molecule has 0 rings (SSSR count). The highest BCUT2D eigenvalue weighted by Gasteiger charge is 2.10. The van der Waals surface area contributed by atoms with Crippen molar-refractivity contribution in [3.8, 4) is 0 Å². The van der Waals surface area contributed by atoms with Crippen molar-refractivity contribution in [2.75, 3.05) is 0 Å². The Bertz CT molecular complexity index is 271. The third-order valence-electron chi connectivity index (χ3n) is 1.42. The molecule has 0 aromatic carbocycles. The van der Waals surface area contributed by atoms with Gasteiger partial charge in [-0.05, 0) is 26.3 Å². The summed E-state index contributed by atoms with van der Waals surface area (Å²) in [4.78, 5) is 13.9. The quantitative estimate of drug-likeness (QED) is 0.498. The summed E-state index contributed by atoms with van der Waals surface area (Å²) in [6, 6.07) is 0. The minimum absolute atomic E-state index is 0.142. The minimum atomic E-state index is -1.01. The topological polar surface area (TPSA) is 26.3 Å². The predicted octanol–water partition coefficient (Wildman–Crippen LogP) is 2.88. The van der Waals surface area contributed by atoms with E-state index < -0.39 is 5.97 Å². The third-order valence-corrected chi connectivity index (χ3v) is 1.42. The number of carbonyl (C=O) groups is 1. The highest BCUT2D eigenvalue weighted by Crippen LogP contribution is 2.11. The molecule has 0 saturated carbocycles. The summed E-state index contributed by atoms with van der Waals surface area (Å²) < 4.78 is 11.6. The molecule has 72 valence electrons. The number of carbonyl (C=O) groups excluding carboxylic acids is 1. The lowest BCUT2D eigenvalue weighted by atomic mass is 10.1. The Kier molecular flexibility index (Phi) is 4.74. The van der Waals surface area contributed by atoms with Gasteiger partial charge in [0.1, 0.15) is 0 Å². The van der Waals surface area contributed by atoms with E-state index in [2.05, 4.69) is 11.5 Å². The lowest BCUT2D eigenvalue weighted by Crippen LogP contribution is -2.02. The first kappa shape index (κ1) is 11.6. The molecule has 0 unspecified atom stereocenters. The Labute approximate surface area is 77.3 Å². The van der Waals surface area contributed by atoms with Gasteiger partial charge in [0.2, 0.25) is 0 Å². The van der Waals surface area contributed by atoms with Crippen LogP contribution in [0.2, 0.25) is 0 Å². The fraction of sp³-hybridized carbons (Fsp3) is 0.300. The van der Waals surface area contributed by atoms with Crippen LogP contribution in [0.4, 0.5) is 4.53 Å². The number of hydrogen-bond donors (Lipinski definition) is 0. The maximum absolute atomic E-state index is 11.6. The van der Waals surface area contributed by atoms with Crippen LogP contribution in [-0.2, 0) is 9.74 Å². The molecule has 0 aliphatic carbocycles. The van der Waals surface area contributed by atoms with Gasteiger partial charge in [0.25, 0.3) is 0 Å². The summed E-state index contributed by atoms with van der Waals surface area (Å²) >= 11 is 0. The largest absolute Gasteiger partial charge is 0.379 e. The second kappa shape index (κ2) is 5.30. The van der Waals surface area contributed by atoms with E-state index in [-0.39, 0.29) is 5.57 Å². The van der Waals surface area contributed by atoms with Crippen LogP contribution in [-0.4, -0.2) is 5.97 Å². The van der Waals surface area contributed by atoms with Crippen molar-refractivity contribution >= 4 is 5.97 Å². The molecule has 0 spiro atoms. The average molecular weight is 184 g/mol. The summed E-state index contributed by atoms with van der Waals surface area (Å²) in [5.74, 6) is -1.01.